The van der Waals surface area contributed by atoms with Crippen molar-refractivity contribution in [2.75, 3.05) is 39.1 Å². The van der Waals surface area contributed by atoms with Crippen LogP contribution in [0.4, 0.5) is 5.82 Å². The van der Waals surface area contributed by atoms with Crippen LogP contribution in [0.5, 0.6) is 6.01 Å². The maximum atomic E-state index is 12.4. The number of aryl methyl sites for hydroxylation is 1. The third-order valence-electron chi connectivity index (χ3n) is 5.34. The third-order valence-corrected chi connectivity index (χ3v) is 5.34. The number of likely N-dealkylation sites (tertiary alicyclic amines) is 1. The molecule has 1 saturated heterocycles. The zero-order valence-electron chi connectivity index (χ0n) is 17.1. The fourth-order valence-corrected chi connectivity index (χ4v) is 3.62. The van der Waals surface area contributed by atoms with E-state index in [1.54, 1.807) is 4.57 Å². The number of rotatable bonds is 9. The maximum absolute atomic E-state index is 12.4. The molecule has 1 fully saturated rings. The van der Waals surface area contributed by atoms with Crippen LogP contribution in [0, 0.1) is 5.92 Å². The largest absolute Gasteiger partial charge is 0.469 e. The number of H-pyrrole nitrogens is 1. The number of unbranched alkanes of at least 4 members (excludes halogenated alkanes) is 1. The second-order valence-corrected chi connectivity index (χ2v) is 7.37. The number of hydrogen-bond donors (Lipinski definition) is 2. The van der Waals surface area contributed by atoms with Gasteiger partial charge in [0.1, 0.15) is 5.52 Å². The Kier molecular flexibility index (Phi) is 7.08. The smallest absolute Gasteiger partial charge is 0.327 e. The predicted molar refractivity (Wildman–Crippen MR) is 109 cm³/mol. The number of hydrogen-bond acceptors (Lipinski definition) is 8. The van der Waals surface area contributed by atoms with Crippen LogP contribution in [0.3, 0.4) is 0 Å². The van der Waals surface area contributed by atoms with Crippen LogP contribution in [0.15, 0.2) is 4.79 Å². The summed E-state index contributed by atoms with van der Waals surface area (Å²) in [7, 11) is 1.43. The molecule has 2 aromatic heterocycles. The Hall–Kier alpha value is -2.62. The van der Waals surface area contributed by atoms with Crippen LogP contribution in [-0.4, -0.2) is 63.7 Å². The van der Waals surface area contributed by atoms with E-state index in [0.29, 0.717) is 24.3 Å². The van der Waals surface area contributed by atoms with Crippen molar-refractivity contribution in [1.82, 2.24) is 24.4 Å². The van der Waals surface area contributed by atoms with Crippen LogP contribution >= 0.6 is 0 Å². The number of carbonyl (C=O) groups excluding carboxylic acids is 1. The number of aromatic nitrogens is 4. The number of nitrogens with one attached hydrogen (secondary N) is 1. The lowest BCUT2D eigenvalue weighted by Crippen LogP contribution is -2.37. The molecule has 0 unspecified atom stereocenters. The summed E-state index contributed by atoms with van der Waals surface area (Å²) in [6.07, 6.45) is 4.30. The fourth-order valence-electron chi connectivity index (χ4n) is 3.62. The molecule has 10 nitrogen and oxygen atoms in total. The molecule has 10 heteroatoms. The van der Waals surface area contributed by atoms with Crippen LogP contribution < -0.4 is 16.2 Å². The van der Waals surface area contributed by atoms with E-state index in [1.807, 2.05) is 0 Å². The number of imidazole rings is 1. The number of esters is 1. The minimum Gasteiger partial charge on any atom is -0.469 e. The van der Waals surface area contributed by atoms with E-state index in [4.69, 9.17) is 15.2 Å². The number of nitrogens with zero attached hydrogens (tertiary/aromatic N) is 4. The Morgan fingerprint density at radius 1 is 1.24 bits per heavy atom. The van der Waals surface area contributed by atoms with Gasteiger partial charge in [0.15, 0.2) is 11.5 Å². The number of nitrogens with two attached hydrogens (primary N) is 1. The SMILES string of the molecule is CCCCOc1nc(N)c2[nH]c(=O)n(CCCN3CCC(C(=O)OC)CC3)c2n1. The van der Waals surface area contributed by atoms with Gasteiger partial charge in [-0.2, -0.15) is 9.97 Å². The molecule has 0 aromatic carbocycles. The average Bonchev–Trinajstić information content (AvgIpc) is 3.04. The number of anilines is 1. The monoisotopic (exact) mass is 406 g/mol. The summed E-state index contributed by atoms with van der Waals surface area (Å²) in [4.78, 5) is 37.6. The summed E-state index contributed by atoms with van der Waals surface area (Å²) in [5.41, 5.74) is 6.64. The number of aromatic amines is 1. The summed E-state index contributed by atoms with van der Waals surface area (Å²) < 4.78 is 12.0. The van der Waals surface area contributed by atoms with E-state index in [9.17, 15) is 9.59 Å². The molecule has 0 saturated carbocycles. The van der Waals surface area contributed by atoms with E-state index in [0.717, 1.165) is 51.7 Å². The molecule has 1 aliphatic rings. The highest BCUT2D eigenvalue weighted by Crippen LogP contribution is 2.20. The van der Waals surface area contributed by atoms with Gasteiger partial charge in [-0.05, 0) is 45.3 Å². The lowest BCUT2D eigenvalue weighted by molar-refractivity contribution is -0.147. The quantitative estimate of drug-likeness (QED) is 0.469. The number of methoxy groups -OCH3 is 1. The first kappa shape index (κ1) is 21.1. The highest BCUT2D eigenvalue weighted by atomic mass is 16.5. The van der Waals surface area contributed by atoms with E-state index in [1.165, 1.54) is 7.11 Å². The van der Waals surface area contributed by atoms with Crippen molar-refractivity contribution in [2.24, 2.45) is 5.92 Å². The number of fused-ring (bicyclic) bond motifs is 1. The Balaban J connectivity index is 1.60. The second-order valence-electron chi connectivity index (χ2n) is 7.37. The first-order chi connectivity index (χ1) is 14.0. The lowest BCUT2D eigenvalue weighted by Gasteiger charge is -2.30. The van der Waals surface area contributed by atoms with Crippen molar-refractivity contribution >= 4 is 23.0 Å². The van der Waals surface area contributed by atoms with E-state index < -0.39 is 0 Å². The van der Waals surface area contributed by atoms with E-state index in [2.05, 4.69) is 26.8 Å². The van der Waals surface area contributed by atoms with Gasteiger partial charge in [0.2, 0.25) is 0 Å². The molecule has 2 aromatic rings. The Bertz CT molecular complexity index is 885. The highest BCUT2D eigenvalue weighted by Gasteiger charge is 2.25. The number of piperidine rings is 1. The maximum Gasteiger partial charge on any atom is 0.327 e. The van der Waals surface area contributed by atoms with Crippen molar-refractivity contribution in [3.05, 3.63) is 10.5 Å². The Morgan fingerprint density at radius 3 is 2.69 bits per heavy atom. The molecular weight excluding hydrogens is 376 g/mol. The van der Waals surface area contributed by atoms with Crippen LogP contribution in [0.25, 0.3) is 11.2 Å². The molecule has 0 bridgehead atoms. The normalized spacial score (nSPS) is 15.7. The zero-order valence-corrected chi connectivity index (χ0v) is 17.1. The zero-order chi connectivity index (χ0) is 20.8. The molecule has 0 radical (unpaired) electrons. The van der Waals surface area contributed by atoms with Crippen LogP contribution in [0.1, 0.15) is 39.0 Å². The van der Waals surface area contributed by atoms with E-state index >= 15 is 0 Å². The molecule has 0 spiro atoms. The molecule has 0 aliphatic carbocycles. The second kappa shape index (κ2) is 9.73. The van der Waals surface area contributed by atoms with Gasteiger partial charge in [0, 0.05) is 6.54 Å². The van der Waals surface area contributed by atoms with Crippen molar-refractivity contribution in [3.63, 3.8) is 0 Å². The summed E-state index contributed by atoms with van der Waals surface area (Å²) in [6, 6.07) is 0.195. The Labute approximate surface area is 169 Å². The molecule has 3 N–H and O–H groups in total. The first-order valence-electron chi connectivity index (χ1n) is 10.2. The highest BCUT2D eigenvalue weighted by molar-refractivity contribution is 5.81. The molecule has 3 rings (SSSR count). The molecule has 1 aliphatic heterocycles. The van der Waals surface area contributed by atoms with Crippen molar-refractivity contribution in [3.8, 4) is 6.01 Å². The van der Waals surface area contributed by atoms with Gasteiger partial charge in [-0.25, -0.2) is 4.79 Å². The van der Waals surface area contributed by atoms with Gasteiger partial charge in [-0.1, -0.05) is 13.3 Å². The molecule has 160 valence electrons. The number of ether oxygens (including phenoxy) is 2. The third kappa shape index (κ3) is 5.06. The lowest BCUT2D eigenvalue weighted by atomic mass is 9.97. The predicted octanol–water partition coefficient (Wildman–Crippen LogP) is 1.16. The minimum absolute atomic E-state index is 0.00158. The average molecular weight is 406 g/mol. The number of nitrogen functional groups attached to an aromatic ring is 1. The van der Waals surface area contributed by atoms with Gasteiger partial charge in [0.25, 0.3) is 0 Å². The first-order valence-corrected chi connectivity index (χ1v) is 10.2. The summed E-state index contributed by atoms with van der Waals surface area (Å²) in [5.74, 6) is 0.0877. The fraction of sp³-hybridized carbons (Fsp3) is 0.684. The molecule has 3 heterocycles. The Morgan fingerprint density at radius 2 is 2.00 bits per heavy atom. The summed E-state index contributed by atoms with van der Waals surface area (Å²) >= 11 is 0. The summed E-state index contributed by atoms with van der Waals surface area (Å²) in [6.45, 7) is 5.65. The summed E-state index contributed by atoms with van der Waals surface area (Å²) in [5, 5.41) is 0. The van der Waals surface area contributed by atoms with Crippen molar-refractivity contribution < 1.29 is 14.3 Å². The van der Waals surface area contributed by atoms with Gasteiger partial charge >= 0.3 is 17.7 Å². The molecular formula is C19H30N6O4. The van der Waals surface area contributed by atoms with E-state index in [-0.39, 0.29) is 29.4 Å². The minimum atomic E-state index is -0.254. The van der Waals surface area contributed by atoms with Gasteiger partial charge < -0.3 is 25.1 Å². The van der Waals surface area contributed by atoms with Crippen molar-refractivity contribution in [1.29, 1.82) is 0 Å². The van der Waals surface area contributed by atoms with Gasteiger partial charge in [0.05, 0.1) is 19.6 Å². The molecule has 0 atom stereocenters. The van der Waals surface area contributed by atoms with Gasteiger partial charge in [-0.3, -0.25) is 9.36 Å². The molecule has 29 heavy (non-hydrogen) atoms. The van der Waals surface area contributed by atoms with Gasteiger partial charge in [-0.15, -0.1) is 0 Å². The molecule has 0 amide bonds. The van der Waals surface area contributed by atoms with Crippen molar-refractivity contribution in [2.45, 2.75) is 45.6 Å². The van der Waals surface area contributed by atoms with Crippen LogP contribution in [0.2, 0.25) is 0 Å². The standard InChI is InChI=1S/C19H30N6O4/c1-3-4-12-29-18-22-15(20)14-16(23-18)25(19(27)21-14)9-5-8-24-10-6-13(7-11-24)17(26)28-2/h13H,3-12H2,1-2H3,(H,21,27)(H2,20,22,23). The topological polar surface area (TPSA) is 128 Å². The number of carbonyl (C=O) groups is 1. The van der Waals surface area contributed by atoms with Crippen LogP contribution in [-0.2, 0) is 16.1 Å².